The van der Waals surface area contributed by atoms with Crippen LogP contribution in [0.15, 0.2) is 55.3 Å². The van der Waals surface area contributed by atoms with Gasteiger partial charge in [-0.15, -0.1) is 0 Å². The molecule has 2 aromatic heterocycles. The summed E-state index contributed by atoms with van der Waals surface area (Å²) in [7, 11) is 5.62. The molecule has 0 atom stereocenters. The minimum atomic E-state index is -0.178. The van der Waals surface area contributed by atoms with Crippen LogP contribution in [0.25, 0.3) is 11.2 Å². The third kappa shape index (κ3) is 3.24. The molecule has 0 aliphatic heterocycles. The van der Waals surface area contributed by atoms with Gasteiger partial charge in [-0.2, -0.15) is 4.98 Å². The summed E-state index contributed by atoms with van der Waals surface area (Å²) in [5.41, 5.74) is 3.42. The number of fused-ring (bicyclic) bond motifs is 1. The minimum Gasteiger partial charge on any atom is -0.348 e. The van der Waals surface area contributed by atoms with E-state index in [1.807, 2.05) is 43.3 Å². The van der Waals surface area contributed by atoms with Gasteiger partial charge in [0.05, 0.1) is 23.9 Å². The van der Waals surface area contributed by atoms with Gasteiger partial charge < -0.3 is 14.4 Å². The topological polar surface area (TPSA) is 54.3 Å². The largest absolute Gasteiger partial charge is 0.348 e. The second-order valence-corrected chi connectivity index (χ2v) is 6.02. The summed E-state index contributed by atoms with van der Waals surface area (Å²) in [6.07, 6.45) is 2.94. The minimum absolute atomic E-state index is 0.178. The van der Waals surface area contributed by atoms with Crippen molar-refractivity contribution in [3.8, 4) is 0 Å². The van der Waals surface area contributed by atoms with Gasteiger partial charge in [0.1, 0.15) is 0 Å². The Bertz CT molecular complexity index is 914. The molecule has 0 saturated carbocycles. The van der Waals surface area contributed by atoms with Crippen LogP contribution in [0.5, 0.6) is 0 Å². The molecule has 0 N–H and O–H groups in total. The maximum atomic E-state index is 11.9. The number of aromatic nitrogens is 3. The van der Waals surface area contributed by atoms with E-state index in [-0.39, 0.29) is 5.91 Å². The van der Waals surface area contributed by atoms with Crippen LogP contribution in [0.2, 0.25) is 0 Å². The standard InChI is InChI=1S/C19H21N5O/c1-5-17(25)23(4)15-11-16-18(20-12-15)21-19(22(2)3)24(16)13-14-9-7-6-8-10-14/h5-12H,1,13H2,2-4H3. The molecule has 2 heterocycles. The number of nitrogens with zero attached hydrogens (tertiary/aromatic N) is 5. The van der Waals surface area contributed by atoms with E-state index in [1.165, 1.54) is 16.5 Å². The zero-order valence-electron chi connectivity index (χ0n) is 14.7. The lowest BCUT2D eigenvalue weighted by Crippen LogP contribution is -2.23. The first kappa shape index (κ1) is 16.7. The molecule has 6 heteroatoms. The highest BCUT2D eigenvalue weighted by Crippen LogP contribution is 2.25. The van der Waals surface area contributed by atoms with E-state index in [9.17, 15) is 4.79 Å². The molecular weight excluding hydrogens is 314 g/mol. The molecule has 0 aliphatic carbocycles. The van der Waals surface area contributed by atoms with Crippen LogP contribution in [0.1, 0.15) is 5.56 Å². The third-order valence-electron chi connectivity index (χ3n) is 4.05. The van der Waals surface area contributed by atoms with Gasteiger partial charge in [-0.1, -0.05) is 36.9 Å². The number of pyridine rings is 1. The van der Waals surface area contributed by atoms with Gasteiger partial charge in [-0.05, 0) is 17.7 Å². The van der Waals surface area contributed by atoms with E-state index in [4.69, 9.17) is 0 Å². The van der Waals surface area contributed by atoms with Gasteiger partial charge in [0.15, 0.2) is 5.65 Å². The van der Waals surface area contributed by atoms with Crippen molar-refractivity contribution in [3.05, 3.63) is 60.8 Å². The molecular formula is C19H21N5O. The van der Waals surface area contributed by atoms with Crippen molar-refractivity contribution < 1.29 is 4.79 Å². The van der Waals surface area contributed by atoms with Crippen molar-refractivity contribution in [2.75, 3.05) is 30.9 Å². The molecule has 0 bridgehead atoms. The highest BCUT2D eigenvalue weighted by Gasteiger charge is 2.16. The lowest BCUT2D eigenvalue weighted by molar-refractivity contribution is -0.113. The van der Waals surface area contributed by atoms with Crippen LogP contribution in [0.4, 0.5) is 11.6 Å². The highest BCUT2D eigenvalue weighted by atomic mass is 16.2. The fourth-order valence-electron chi connectivity index (χ4n) is 2.69. The fourth-order valence-corrected chi connectivity index (χ4v) is 2.69. The second kappa shape index (κ2) is 6.76. The van der Waals surface area contributed by atoms with E-state index < -0.39 is 0 Å². The van der Waals surface area contributed by atoms with Gasteiger partial charge in [0.25, 0.3) is 0 Å². The van der Waals surface area contributed by atoms with Crippen LogP contribution >= 0.6 is 0 Å². The Morgan fingerprint density at radius 2 is 1.96 bits per heavy atom. The zero-order valence-corrected chi connectivity index (χ0v) is 14.7. The molecule has 128 valence electrons. The summed E-state index contributed by atoms with van der Waals surface area (Å²) >= 11 is 0. The average Bonchev–Trinajstić information content (AvgIpc) is 2.99. The van der Waals surface area contributed by atoms with Crippen molar-refractivity contribution in [3.63, 3.8) is 0 Å². The lowest BCUT2D eigenvalue weighted by atomic mass is 10.2. The molecule has 1 amide bonds. The SMILES string of the molecule is C=CC(=O)N(C)c1cnc2nc(N(C)C)n(Cc3ccccc3)c2c1. The monoisotopic (exact) mass is 335 g/mol. The number of anilines is 2. The van der Waals surface area contributed by atoms with Gasteiger partial charge in [0, 0.05) is 21.1 Å². The molecule has 0 radical (unpaired) electrons. The predicted molar refractivity (Wildman–Crippen MR) is 101 cm³/mol. The molecule has 0 spiro atoms. The molecule has 6 nitrogen and oxygen atoms in total. The first-order valence-corrected chi connectivity index (χ1v) is 7.99. The molecule has 0 fully saturated rings. The quantitative estimate of drug-likeness (QED) is 0.673. The number of amides is 1. The van der Waals surface area contributed by atoms with Crippen molar-refractivity contribution in [1.29, 1.82) is 0 Å². The Kier molecular flexibility index (Phi) is 4.52. The molecule has 3 aromatic rings. The van der Waals surface area contributed by atoms with Gasteiger partial charge in [0.2, 0.25) is 11.9 Å². The smallest absolute Gasteiger partial charge is 0.250 e. The summed E-state index contributed by atoms with van der Waals surface area (Å²) in [5, 5.41) is 0. The molecule has 0 unspecified atom stereocenters. The molecule has 3 rings (SSSR count). The van der Waals surface area contributed by atoms with E-state index in [1.54, 1.807) is 13.2 Å². The Morgan fingerprint density at radius 3 is 2.60 bits per heavy atom. The Balaban J connectivity index is 2.12. The highest BCUT2D eigenvalue weighted by molar-refractivity contribution is 6.01. The Labute approximate surface area is 147 Å². The van der Waals surface area contributed by atoms with Crippen molar-refractivity contribution in [1.82, 2.24) is 14.5 Å². The van der Waals surface area contributed by atoms with Crippen LogP contribution in [-0.2, 0) is 11.3 Å². The average molecular weight is 335 g/mol. The molecule has 0 saturated heterocycles. The van der Waals surface area contributed by atoms with Crippen LogP contribution < -0.4 is 9.80 Å². The number of imidazole rings is 1. The number of likely N-dealkylation sites (N-methyl/N-ethyl adjacent to an activating group) is 1. The van der Waals surface area contributed by atoms with E-state index >= 15 is 0 Å². The summed E-state index contributed by atoms with van der Waals surface area (Å²) < 4.78 is 2.10. The molecule has 1 aromatic carbocycles. The summed E-state index contributed by atoms with van der Waals surface area (Å²) in [4.78, 5) is 24.4. The fraction of sp³-hybridized carbons (Fsp3) is 0.211. The van der Waals surface area contributed by atoms with E-state index in [0.29, 0.717) is 17.9 Å². The number of carbonyl (C=O) groups is 1. The maximum absolute atomic E-state index is 11.9. The maximum Gasteiger partial charge on any atom is 0.250 e. The summed E-state index contributed by atoms with van der Waals surface area (Å²) in [5.74, 6) is 0.643. The normalized spacial score (nSPS) is 10.7. The van der Waals surface area contributed by atoms with Crippen LogP contribution in [0.3, 0.4) is 0 Å². The third-order valence-corrected chi connectivity index (χ3v) is 4.05. The van der Waals surface area contributed by atoms with E-state index in [0.717, 1.165) is 11.5 Å². The number of carbonyl (C=O) groups excluding carboxylic acids is 1. The second-order valence-electron chi connectivity index (χ2n) is 6.02. The molecule has 0 aliphatic rings. The van der Waals surface area contributed by atoms with Gasteiger partial charge >= 0.3 is 0 Å². The number of hydrogen-bond acceptors (Lipinski definition) is 4. The first-order valence-electron chi connectivity index (χ1n) is 7.99. The molecule has 25 heavy (non-hydrogen) atoms. The number of benzene rings is 1. The van der Waals surface area contributed by atoms with Crippen molar-refractivity contribution >= 4 is 28.7 Å². The van der Waals surface area contributed by atoms with Gasteiger partial charge in [-0.3, -0.25) is 4.79 Å². The summed E-state index contributed by atoms with van der Waals surface area (Å²) in [6.45, 7) is 4.21. The van der Waals surface area contributed by atoms with E-state index in [2.05, 4.69) is 33.2 Å². The van der Waals surface area contributed by atoms with Crippen molar-refractivity contribution in [2.45, 2.75) is 6.54 Å². The number of rotatable bonds is 5. The zero-order chi connectivity index (χ0) is 18.0. The van der Waals surface area contributed by atoms with Crippen molar-refractivity contribution in [2.24, 2.45) is 0 Å². The summed E-state index contributed by atoms with van der Waals surface area (Å²) in [6, 6.07) is 12.1. The lowest BCUT2D eigenvalue weighted by Gasteiger charge is -2.16. The predicted octanol–water partition coefficient (Wildman–Crippen LogP) is 2.69. The van der Waals surface area contributed by atoms with Gasteiger partial charge in [-0.25, -0.2) is 4.98 Å². The Morgan fingerprint density at radius 1 is 1.24 bits per heavy atom. The number of hydrogen-bond donors (Lipinski definition) is 0. The van der Waals surface area contributed by atoms with Crippen LogP contribution in [-0.4, -0.2) is 41.6 Å². The Hall–Kier alpha value is -3.15. The van der Waals surface area contributed by atoms with Crippen LogP contribution in [0, 0.1) is 0 Å². The first-order chi connectivity index (χ1) is 12.0.